The fourth-order valence-electron chi connectivity index (χ4n) is 7.66. The van der Waals surface area contributed by atoms with Gasteiger partial charge in [-0.2, -0.15) is 0 Å². The standard InChI is InChI=1S/C19H25N3O5.C15H17N3O5.C12H14BrN3O3.C11H16BrN3O2.CH4/c1-5-26-15(23)8-9-22-12-14-10-13(11-20-17(14)21-18(22)25)6-7-16(24)27-19(2,3)4;1-2-23-13(21)5-6-18-9-11-7-10(3-4-12(19)20)8-16-14(11)17-15(18)22;1-2-19-10(17)3-4-16-7-8-5-9(13)6-14-11(8)15-12(16)18;1-2-17-10(16)3-4-14-6-8-5-9(12)7-15-11(8)13;/h6-7,10-11H,5,8-9,12H2,1-4H3,(H,20,21,25);3-4,7-8H,2,5-6,9H2,1H3,(H,19,20)(H,16,17,22);5-6H,2-4,7H2,1H3,(H,14,15,18);5,7,14H,2-4,6H2,1H3,(H2,13,15);1H4/b7-6+;4-3+;;;. The Bertz CT molecular complexity index is 3100. The van der Waals surface area contributed by atoms with Crippen LogP contribution in [0.3, 0.4) is 0 Å². The molecule has 0 radical (unpaired) electrons. The summed E-state index contributed by atoms with van der Waals surface area (Å²) in [6, 6.07) is 6.50. The van der Waals surface area contributed by atoms with Crippen molar-refractivity contribution in [2.45, 2.75) is 113 Å². The third-order valence-corrected chi connectivity index (χ3v) is 12.4. The van der Waals surface area contributed by atoms with E-state index in [2.05, 4.69) is 73.1 Å². The summed E-state index contributed by atoms with van der Waals surface area (Å²) in [5.41, 5.74) is 9.85. The molecular weight excluding hydrogens is 1260 g/mol. The van der Waals surface area contributed by atoms with E-state index in [0.717, 1.165) is 37.3 Å². The van der Waals surface area contributed by atoms with E-state index >= 15 is 0 Å². The largest absolute Gasteiger partial charge is 0.478 e. The fourth-order valence-corrected chi connectivity index (χ4v) is 8.42. The Morgan fingerprint density at radius 2 is 0.977 bits per heavy atom. The molecule has 7 N–H and O–H groups in total. The number of halogens is 2. The number of nitrogen functional groups attached to an aromatic ring is 1. The van der Waals surface area contributed by atoms with Crippen LogP contribution in [0.25, 0.3) is 12.2 Å². The van der Waals surface area contributed by atoms with Crippen LogP contribution in [0.4, 0.5) is 37.7 Å². The van der Waals surface area contributed by atoms with Gasteiger partial charge in [-0.15, -0.1) is 0 Å². The number of carboxylic acids is 1. The molecule has 4 aromatic rings. The second-order valence-electron chi connectivity index (χ2n) is 19.4. The monoisotopic (exact) mass is 1340 g/mol. The molecule has 27 nitrogen and oxygen atoms in total. The minimum atomic E-state index is -1.05. The van der Waals surface area contributed by atoms with Crippen molar-refractivity contribution < 1.29 is 71.9 Å². The molecule has 6 amide bonds. The zero-order chi connectivity index (χ0) is 63.3. The van der Waals surface area contributed by atoms with E-state index < -0.39 is 17.5 Å². The maximum absolute atomic E-state index is 12.1. The zero-order valence-corrected chi connectivity index (χ0v) is 52.0. The molecule has 7 heterocycles. The minimum Gasteiger partial charge on any atom is -0.478 e. The Hall–Kier alpha value is -8.57. The normalized spacial score (nSPS) is 12.9. The molecular formula is C58H76Br2N12O15. The first-order valence-electron chi connectivity index (χ1n) is 27.3. The van der Waals surface area contributed by atoms with Gasteiger partial charge in [0, 0.05) is 101 Å². The number of urea groups is 3. The predicted octanol–water partition coefficient (Wildman–Crippen LogP) is 8.47. The van der Waals surface area contributed by atoms with Crippen molar-refractivity contribution in [1.29, 1.82) is 0 Å². The molecule has 0 aliphatic carbocycles. The zero-order valence-electron chi connectivity index (χ0n) is 48.9. The van der Waals surface area contributed by atoms with Crippen molar-refractivity contribution in [1.82, 2.24) is 40.0 Å². The molecule has 4 aromatic heterocycles. The summed E-state index contributed by atoms with van der Waals surface area (Å²) in [6.07, 6.45) is 12.5. The van der Waals surface area contributed by atoms with Crippen molar-refractivity contribution in [3.05, 3.63) is 104 Å². The summed E-state index contributed by atoms with van der Waals surface area (Å²) in [5, 5.41) is 19.8. The average molecular weight is 1340 g/mol. The highest BCUT2D eigenvalue weighted by Crippen LogP contribution is 2.26. The number of aliphatic carboxylic acids is 1. The van der Waals surface area contributed by atoms with Gasteiger partial charge < -0.3 is 54.5 Å². The molecule has 0 saturated heterocycles. The van der Waals surface area contributed by atoms with Crippen LogP contribution < -0.4 is 27.0 Å². The second-order valence-corrected chi connectivity index (χ2v) is 21.2. The van der Waals surface area contributed by atoms with Crippen molar-refractivity contribution in [3.8, 4) is 0 Å². The maximum Gasteiger partial charge on any atom is 0.331 e. The molecule has 29 heteroatoms. The van der Waals surface area contributed by atoms with Crippen molar-refractivity contribution in [2.75, 3.05) is 74.3 Å². The van der Waals surface area contributed by atoms with Gasteiger partial charge in [0.1, 0.15) is 28.9 Å². The lowest BCUT2D eigenvalue weighted by Crippen LogP contribution is -2.40. The average Bonchev–Trinajstić information content (AvgIpc) is 2.25. The number of nitrogens with zero attached hydrogens (tertiary/aromatic N) is 7. The molecule has 7 rings (SSSR count). The van der Waals surface area contributed by atoms with Crippen LogP contribution in [0.2, 0.25) is 0 Å². The summed E-state index contributed by atoms with van der Waals surface area (Å²) in [5.74, 6) is -0.704. The number of fused-ring (bicyclic) bond motifs is 3. The number of hydrogen-bond acceptors (Lipinski definition) is 20. The maximum atomic E-state index is 12.1. The fraction of sp³-hybridized carbons (Fsp3) is 0.431. The molecule has 87 heavy (non-hydrogen) atoms. The summed E-state index contributed by atoms with van der Waals surface area (Å²) in [7, 11) is 0. The lowest BCUT2D eigenvalue weighted by atomic mass is 10.1. The van der Waals surface area contributed by atoms with Crippen molar-refractivity contribution in [2.24, 2.45) is 0 Å². The molecule has 0 atom stereocenters. The number of carbonyl (C=O) groups excluding carboxylic acids is 8. The number of anilines is 4. The molecule has 3 aliphatic heterocycles. The number of nitrogens with two attached hydrogens (primary N) is 1. The first-order valence-corrected chi connectivity index (χ1v) is 28.8. The van der Waals surface area contributed by atoms with Gasteiger partial charge in [0.15, 0.2) is 0 Å². The minimum absolute atomic E-state index is 0. The van der Waals surface area contributed by atoms with Crippen LogP contribution in [0.5, 0.6) is 0 Å². The highest BCUT2D eigenvalue weighted by atomic mass is 79.9. The lowest BCUT2D eigenvalue weighted by Gasteiger charge is -2.28. The Morgan fingerprint density at radius 3 is 1.39 bits per heavy atom. The Morgan fingerprint density at radius 1 is 0.598 bits per heavy atom. The van der Waals surface area contributed by atoms with E-state index in [1.165, 1.54) is 28.1 Å². The smallest absolute Gasteiger partial charge is 0.331 e. The first kappa shape index (κ1) is 72.7. The van der Waals surface area contributed by atoms with Crippen LogP contribution in [0.1, 0.15) is 115 Å². The highest BCUT2D eigenvalue weighted by Gasteiger charge is 2.27. The highest BCUT2D eigenvalue weighted by molar-refractivity contribution is 9.10. The van der Waals surface area contributed by atoms with Gasteiger partial charge in [-0.25, -0.2) is 43.9 Å². The van der Waals surface area contributed by atoms with Crippen molar-refractivity contribution in [3.63, 3.8) is 0 Å². The van der Waals surface area contributed by atoms with Gasteiger partial charge in [0.05, 0.1) is 71.7 Å². The quantitative estimate of drug-likeness (QED) is 0.0186. The van der Waals surface area contributed by atoms with E-state index in [9.17, 15) is 43.2 Å². The van der Waals surface area contributed by atoms with Gasteiger partial charge >= 0.3 is 53.9 Å². The van der Waals surface area contributed by atoms with Gasteiger partial charge in [-0.1, -0.05) is 7.43 Å². The summed E-state index contributed by atoms with van der Waals surface area (Å²) in [4.78, 5) is 124. The molecule has 472 valence electrons. The van der Waals surface area contributed by atoms with E-state index in [0.29, 0.717) is 107 Å². The Labute approximate surface area is 521 Å². The van der Waals surface area contributed by atoms with E-state index in [1.807, 2.05) is 18.2 Å². The van der Waals surface area contributed by atoms with E-state index in [-0.39, 0.29) is 81.7 Å². The molecule has 0 spiro atoms. The van der Waals surface area contributed by atoms with Gasteiger partial charge in [0.2, 0.25) is 0 Å². The van der Waals surface area contributed by atoms with Crippen LogP contribution in [0.15, 0.2) is 70.2 Å². The molecule has 0 unspecified atom stereocenters. The number of pyridine rings is 4. The SMILES string of the molecule is C.CCOC(=O)CCN1Cc2cc(/C=C/C(=O)O)cnc2NC1=O.CCOC(=O)CCN1Cc2cc(/C=C/C(=O)OC(C)(C)C)cnc2NC1=O.CCOC(=O)CCN1Cc2cc(Br)cnc2NC1=O.CCOC(=O)CCNCc1cc(Br)cnc1N. The number of carboxylic acid groups (broad SMARTS) is 1. The van der Waals surface area contributed by atoms with Crippen molar-refractivity contribution >= 4 is 121 Å². The number of rotatable bonds is 22. The van der Waals surface area contributed by atoms with E-state index in [4.69, 9.17) is 34.5 Å². The summed E-state index contributed by atoms with van der Waals surface area (Å²) >= 11 is 6.67. The predicted molar refractivity (Wildman–Crippen MR) is 330 cm³/mol. The second kappa shape index (κ2) is 37.1. The third kappa shape index (κ3) is 26.7. The molecule has 0 fully saturated rings. The van der Waals surface area contributed by atoms with E-state index in [1.54, 1.807) is 84.1 Å². The Balaban J connectivity index is 0.000000307. The van der Waals surface area contributed by atoms with Crippen LogP contribution >= 0.6 is 31.9 Å². The van der Waals surface area contributed by atoms with Gasteiger partial charge in [0.25, 0.3) is 0 Å². The topological polar surface area (TPSA) is 355 Å². The molecule has 3 aliphatic rings. The number of ether oxygens (including phenoxy) is 5. The third-order valence-electron chi connectivity index (χ3n) is 11.5. The number of esters is 5. The number of nitrogens with one attached hydrogen (secondary N) is 4. The first-order chi connectivity index (χ1) is 40.9. The Kier molecular flexibility index (Phi) is 31.0. The van der Waals surface area contributed by atoms with Gasteiger partial charge in [-0.3, -0.25) is 35.1 Å². The van der Waals surface area contributed by atoms with Crippen LogP contribution in [-0.4, -0.2) is 152 Å². The van der Waals surface area contributed by atoms with Crippen LogP contribution in [-0.2, 0) is 78.6 Å². The van der Waals surface area contributed by atoms with Crippen LogP contribution in [0, 0.1) is 0 Å². The number of amides is 6. The van der Waals surface area contributed by atoms with Gasteiger partial charge in [-0.05, 0) is 128 Å². The number of aromatic nitrogens is 4. The number of hydrogen-bond donors (Lipinski definition) is 6. The number of carbonyl (C=O) groups is 9. The molecule has 0 saturated carbocycles. The lowest BCUT2D eigenvalue weighted by molar-refractivity contribution is -0.148. The summed E-state index contributed by atoms with van der Waals surface area (Å²) < 4.78 is 26.3. The molecule has 0 aromatic carbocycles. The molecule has 0 bridgehead atoms. The summed E-state index contributed by atoms with van der Waals surface area (Å²) in [6.45, 7) is 16.8.